The zero-order valence-corrected chi connectivity index (χ0v) is 54.8. The summed E-state index contributed by atoms with van der Waals surface area (Å²) in [4.78, 5) is 38.3. The molecule has 0 saturated heterocycles. The predicted molar refractivity (Wildman–Crippen MR) is 358 cm³/mol. The van der Waals surface area contributed by atoms with E-state index in [0.717, 1.165) is 109 Å². The molecule has 82 heavy (non-hydrogen) atoms. The Morgan fingerprint density at radius 3 is 0.805 bits per heavy atom. The van der Waals surface area contributed by atoms with E-state index in [9.17, 15) is 14.4 Å². The third-order valence-corrected chi connectivity index (χ3v) is 15.9. The largest absolute Gasteiger partial charge is 0.462 e. The minimum absolute atomic E-state index is 0.0769. The summed E-state index contributed by atoms with van der Waals surface area (Å²) in [6.07, 6.45) is 92.4. The van der Waals surface area contributed by atoms with E-state index in [2.05, 4.69) is 93.7 Å². The van der Waals surface area contributed by atoms with Crippen LogP contribution < -0.4 is 0 Å². The van der Waals surface area contributed by atoms with Crippen molar-refractivity contribution in [2.45, 2.75) is 380 Å². The molecule has 0 bridgehead atoms. The summed E-state index contributed by atoms with van der Waals surface area (Å²) in [6, 6.07) is 0. The van der Waals surface area contributed by atoms with Gasteiger partial charge in [0.1, 0.15) is 13.2 Å². The van der Waals surface area contributed by atoms with E-state index in [1.54, 1.807) is 0 Å². The van der Waals surface area contributed by atoms with E-state index in [0.29, 0.717) is 19.3 Å². The highest BCUT2D eigenvalue weighted by atomic mass is 16.6. The number of hydrogen-bond donors (Lipinski definition) is 0. The second-order valence-corrected chi connectivity index (χ2v) is 24.1. The molecule has 476 valence electrons. The molecule has 6 nitrogen and oxygen atoms in total. The molecule has 0 saturated carbocycles. The predicted octanol–water partition coefficient (Wildman–Crippen LogP) is 24.8. The Hall–Kier alpha value is -3.15. The molecule has 0 aromatic carbocycles. The van der Waals surface area contributed by atoms with Gasteiger partial charge in [-0.25, -0.2) is 0 Å². The van der Waals surface area contributed by atoms with Crippen molar-refractivity contribution in [1.82, 2.24) is 0 Å². The van der Waals surface area contributed by atoms with Crippen LogP contribution in [0.15, 0.2) is 72.9 Å². The van der Waals surface area contributed by atoms with Crippen LogP contribution in [0.3, 0.4) is 0 Å². The van der Waals surface area contributed by atoms with E-state index in [-0.39, 0.29) is 31.1 Å². The molecule has 0 N–H and O–H groups in total. The second kappa shape index (κ2) is 70.3. The summed E-state index contributed by atoms with van der Waals surface area (Å²) < 4.78 is 16.9. The average molecular weight is 1150 g/mol. The number of carbonyl (C=O) groups excluding carboxylic acids is 3. The van der Waals surface area contributed by atoms with Crippen LogP contribution in [0.4, 0.5) is 0 Å². The zero-order chi connectivity index (χ0) is 59.2. The molecule has 0 rings (SSSR count). The van der Waals surface area contributed by atoms with Gasteiger partial charge in [0.15, 0.2) is 6.10 Å². The van der Waals surface area contributed by atoms with Crippen LogP contribution in [-0.2, 0) is 28.6 Å². The number of rotatable bonds is 66. The van der Waals surface area contributed by atoms with Gasteiger partial charge in [-0.2, -0.15) is 0 Å². The van der Waals surface area contributed by atoms with E-state index >= 15 is 0 Å². The molecule has 6 heteroatoms. The van der Waals surface area contributed by atoms with Crippen molar-refractivity contribution < 1.29 is 28.6 Å². The molecule has 1 unspecified atom stereocenters. The van der Waals surface area contributed by atoms with Crippen LogP contribution in [-0.4, -0.2) is 37.2 Å². The SMILES string of the molecule is CC/C=C\C/C=C\C/C=C\C/C=C\C/C=C\CCCCCCCCCCCC(=O)OC(COC(=O)CCCCCCC/C=C\CCC)COC(=O)CCCCCCCCCCCCCCCCCCCCCCCCCCCCCCC. The number of esters is 3. The summed E-state index contributed by atoms with van der Waals surface area (Å²) >= 11 is 0. The highest BCUT2D eigenvalue weighted by Gasteiger charge is 2.19. The fraction of sp³-hybridized carbons (Fsp3) is 0.803. The van der Waals surface area contributed by atoms with Crippen molar-refractivity contribution in [3.05, 3.63) is 72.9 Å². The molecule has 0 radical (unpaired) electrons. The molecule has 0 spiro atoms. The number of carbonyl (C=O) groups is 3. The van der Waals surface area contributed by atoms with Crippen LogP contribution in [0.25, 0.3) is 0 Å². The van der Waals surface area contributed by atoms with Crippen molar-refractivity contribution in [3.8, 4) is 0 Å². The summed E-state index contributed by atoms with van der Waals surface area (Å²) in [5.41, 5.74) is 0. The first kappa shape index (κ1) is 78.8. The van der Waals surface area contributed by atoms with Crippen LogP contribution in [0.1, 0.15) is 374 Å². The molecule has 0 fully saturated rings. The van der Waals surface area contributed by atoms with Gasteiger partial charge in [-0.1, -0.05) is 344 Å². The van der Waals surface area contributed by atoms with E-state index in [1.807, 2.05) is 0 Å². The summed E-state index contributed by atoms with van der Waals surface area (Å²) in [5.74, 6) is -0.875. The van der Waals surface area contributed by atoms with Crippen molar-refractivity contribution in [2.24, 2.45) is 0 Å². The third kappa shape index (κ3) is 67.6. The normalized spacial score (nSPS) is 12.5. The maximum atomic E-state index is 12.9. The van der Waals surface area contributed by atoms with Gasteiger partial charge in [-0.3, -0.25) is 14.4 Å². The Kier molecular flexibility index (Phi) is 67.6. The molecule has 1 atom stereocenters. The maximum Gasteiger partial charge on any atom is 0.306 e. The number of unbranched alkanes of at least 4 members (excludes halogenated alkanes) is 43. The first-order chi connectivity index (χ1) is 40.5. The van der Waals surface area contributed by atoms with Crippen molar-refractivity contribution in [2.75, 3.05) is 13.2 Å². The fourth-order valence-electron chi connectivity index (χ4n) is 10.6. The monoisotopic (exact) mass is 1150 g/mol. The molecule has 0 aromatic rings. The first-order valence-electron chi connectivity index (χ1n) is 35.9. The van der Waals surface area contributed by atoms with Crippen LogP contribution in [0, 0.1) is 0 Å². The van der Waals surface area contributed by atoms with Crippen molar-refractivity contribution in [3.63, 3.8) is 0 Å². The highest BCUT2D eigenvalue weighted by molar-refractivity contribution is 5.71. The summed E-state index contributed by atoms with van der Waals surface area (Å²) in [7, 11) is 0. The maximum absolute atomic E-state index is 12.9. The molecule has 0 aliphatic carbocycles. The Balaban J connectivity index is 4.15. The Bertz CT molecular complexity index is 1500. The second-order valence-electron chi connectivity index (χ2n) is 24.1. The highest BCUT2D eigenvalue weighted by Crippen LogP contribution is 2.18. The molecular weight excluding hydrogens is 1010 g/mol. The van der Waals surface area contributed by atoms with Gasteiger partial charge in [0, 0.05) is 19.3 Å². The van der Waals surface area contributed by atoms with Crippen molar-refractivity contribution in [1.29, 1.82) is 0 Å². The van der Waals surface area contributed by atoms with Crippen molar-refractivity contribution >= 4 is 17.9 Å². The Morgan fingerprint density at radius 1 is 0.256 bits per heavy atom. The molecular formula is C76H136O6. The summed E-state index contributed by atoms with van der Waals surface area (Å²) in [6.45, 7) is 6.51. The quantitative estimate of drug-likeness (QED) is 0.0261. The number of hydrogen-bond acceptors (Lipinski definition) is 6. The molecule has 0 amide bonds. The van der Waals surface area contributed by atoms with Crippen LogP contribution in [0.5, 0.6) is 0 Å². The topological polar surface area (TPSA) is 78.9 Å². The Labute approximate surface area is 510 Å². The minimum Gasteiger partial charge on any atom is -0.462 e. The van der Waals surface area contributed by atoms with E-state index < -0.39 is 6.10 Å². The van der Waals surface area contributed by atoms with Crippen LogP contribution >= 0.6 is 0 Å². The van der Waals surface area contributed by atoms with Gasteiger partial charge in [0.2, 0.25) is 0 Å². The molecule has 0 heterocycles. The summed E-state index contributed by atoms with van der Waals surface area (Å²) in [5, 5.41) is 0. The van der Waals surface area contributed by atoms with Gasteiger partial charge in [-0.15, -0.1) is 0 Å². The van der Waals surface area contributed by atoms with Gasteiger partial charge >= 0.3 is 17.9 Å². The van der Waals surface area contributed by atoms with Gasteiger partial charge in [0.05, 0.1) is 0 Å². The molecule has 0 aliphatic heterocycles. The lowest BCUT2D eigenvalue weighted by Gasteiger charge is -2.18. The van der Waals surface area contributed by atoms with Gasteiger partial charge in [-0.05, 0) is 83.5 Å². The minimum atomic E-state index is -0.782. The van der Waals surface area contributed by atoms with Crippen LogP contribution in [0.2, 0.25) is 0 Å². The Morgan fingerprint density at radius 2 is 0.500 bits per heavy atom. The lowest BCUT2D eigenvalue weighted by molar-refractivity contribution is -0.167. The first-order valence-corrected chi connectivity index (χ1v) is 35.9. The smallest absolute Gasteiger partial charge is 0.306 e. The lowest BCUT2D eigenvalue weighted by Crippen LogP contribution is -2.30. The van der Waals surface area contributed by atoms with Gasteiger partial charge < -0.3 is 14.2 Å². The average Bonchev–Trinajstić information content (AvgIpc) is 3.47. The number of ether oxygens (including phenoxy) is 3. The van der Waals surface area contributed by atoms with E-state index in [1.165, 1.54) is 225 Å². The lowest BCUT2D eigenvalue weighted by atomic mass is 10.0. The van der Waals surface area contributed by atoms with E-state index in [4.69, 9.17) is 14.2 Å². The fourth-order valence-corrected chi connectivity index (χ4v) is 10.6. The van der Waals surface area contributed by atoms with Gasteiger partial charge in [0.25, 0.3) is 0 Å². The molecule has 0 aromatic heterocycles. The molecule has 0 aliphatic rings. The standard InChI is InChI=1S/C76H136O6/c1-4-7-10-13-16-19-22-24-26-28-30-32-34-36-37-38-39-41-42-44-46-48-50-52-54-57-60-63-66-69-75(78)81-72-73(71-80-74(77)68-65-62-59-56-21-18-15-12-9-6-3)82-76(79)70-67-64-61-58-55-53-51-49-47-45-43-40-35-33-31-29-27-25-23-20-17-14-11-8-5-2/h8,11-12,15,17,20,25,27,31,33,40,43,73H,4-7,9-10,13-14,16,18-19,21-24,26,28-30,32,34-39,41-42,44-72H2,1-3H3/b11-8-,15-12-,20-17-,27-25-,33-31-,43-40-. The zero-order valence-electron chi connectivity index (χ0n) is 54.8. The number of allylic oxidation sites excluding steroid dienone is 12. The third-order valence-electron chi connectivity index (χ3n) is 15.9.